The van der Waals surface area contributed by atoms with E-state index >= 15 is 0 Å². The molecule has 8 nitrogen and oxygen atoms in total. The zero-order valence-electron chi connectivity index (χ0n) is 14.2. The summed E-state index contributed by atoms with van der Waals surface area (Å²) in [5.74, 6) is -0.414. The molecule has 2 amide bonds. The number of methoxy groups -OCH3 is 2. The molecule has 1 unspecified atom stereocenters. The van der Waals surface area contributed by atoms with Crippen molar-refractivity contribution in [3.8, 4) is 5.75 Å². The first kappa shape index (κ1) is 18.6. The fourth-order valence-electron chi connectivity index (χ4n) is 2.68. The van der Waals surface area contributed by atoms with Gasteiger partial charge >= 0.3 is 0 Å². The fourth-order valence-corrected chi connectivity index (χ4v) is 3.56. The van der Waals surface area contributed by atoms with Crippen molar-refractivity contribution >= 4 is 45.6 Å². The molecule has 1 aromatic heterocycles. The van der Waals surface area contributed by atoms with E-state index in [4.69, 9.17) is 21.1 Å². The van der Waals surface area contributed by atoms with Crippen LogP contribution in [0.1, 0.15) is 11.4 Å². The second kappa shape index (κ2) is 7.98. The van der Waals surface area contributed by atoms with Gasteiger partial charge in [0.1, 0.15) is 17.4 Å². The quantitative estimate of drug-likeness (QED) is 0.805. The Kier molecular flexibility index (Phi) is 5.70. The van der Waals surface area contributed by atoms with Gasteiger partial charge in [-0.05, 0) is 18.2 Å². The summed E-state index contributed by atoms with van der Waals surface area (Å²) in [4.78, 5) is 26.4. The van der Waals surface area contributed by atoms with E-state index in [-0.39, 0.29) is 24.8 Å². The zero-order chi connectivity index (χ0) is 18.7. The first-order valence-electron chi connectivity index (χ1n) is 7.78. The molecule has 2 heterocycles. The van der Waals surface area contributed by atoms with Crippen LogP contribution in [0.25, 0.3) is 0 Å². The van der Waals surface area contributed by atoms with Crippen LogP contribution in [0.15, 0.2) is 18.2 Å². The number of anilines is 2. The minimum Gasteiger partial charge on any atom is -0.495 e. The third kappa shape index (κ3) is 3.95. The van der Waals surface area contributed by atoms with Gasteiger partial charge in [-0.25, -0.2) is 0 Å². The minimum absolute atomic E-state index is 0.102. The van der Waals surface area contributed by atoms with Crippen LogP contribution < -0.4 is 15.0 Å². The molecule has 1 N–H and O–H groups in total. The van der Waals surface area contributed by atoms with Crippen molar-refractivity contribution in [3.05, 3.63) is 28.2 Å². The van der Waals surface area contributed by atoms with Gasteiger partial charge < -0.3 is 19.7 Å². The molecule has 138 valence electrons. The predicted molar refractivity (Wildman–Crippen MR) is 97.7 cm³/mol. The molecule has 1 aliphatic heterocycles. The largest absolute Gasteiger partial charge is 0.495 e. The zero-order valence-corrected chi connectivity index (χ0v) is 15.8. The van der Waals surface area contributed by atoms with Gasteiger partial charge in [0.2, 0.25) is 16.9 Å². The van der Waals surface area contributed by atoms with Crippen LogP contribution in [0, 0.1) is 5.92 Å². The van der Waals surface area contributed by atoms with Crippen LogP contribution in [-0.2, 0) is 20.9 Å². The van der Waals surface area contributed by atoms with Gasteiger partial charge in [0, 0.05) is 25.1 Å². The number of rotatable bonds is 6. The summed E-state index contributed by atoms with van der Waals surface area (Å²) in [6, 6.07) is 5.03. The van der Waals surface area contributed by atoms with Crippen molar-refractivity contribution in [2.45, 2.75) is 13.0 Å². The SMILES string of the molecule is COCc1nnc(NC(=O)C2CC(=O)N(c3cc(Cl)ccc3OC)C2)s1. The molecule has 0 spiro atoms. The maximum Gasteiger partial charge on any atom is 0.231 e. The molecule has 0 saturated carbocycles. The van der Waals surface area contributed by atoms with Gasteiger partial charge in [0.15, 0.2) is 0 Å². The van der Waals surface area contributed by atoms with Gasteiger partial charge in [0.25, 0.3) is 0 Å². The fraction of sp³-hybridized carbons (Fsp3) is 0.375. The molecule has 0 bridgehead atoms. The number of nitrogens with one attached hydrogen (secondary N) is 1. The Hall–Kier alpha value is -2.23. The Morgan fingerprint density at radius 3 is 2.96 bits per heavy atom. The summed E-state index contributed by atoms with van der Waals surface area (Å²) < 4.78 is 10.3. The van der Waals surface area contributed by atoms with Gasteiger partial charge in [-0.1, -0.05) is 22.9 Å². The molecular formula is C16H17ClN4O4S. The molecule has 1 aromatic carbocycles. The molecule has 3 rings (SSSR count). The average Bonchev–Trinajstić information content (AvgIpc) is 3.21. The molecule has 1 fully saturated rings. The lowest BCUT2D eigenvalue weighted by Crippen LogP contribution is -2.28. The van der Waals surface area contributed by atoms with Gasteiger partial charge in [-0.3, -0.25) is 9.59 Å². The number of carbonyl (C=O) groups excluding carboxylic acids is 2. The summed E-state index contributed by atoms with van der Waals surface area (Å²) in [6.07, 6.45) is 0.102. The van der Waals surface area contributed by atoms with Crippen LogP contribution in [-0.4, -0.2) is 42.8 Å². The van der Waals surface area contributed by atoms with Gasteiger partial charge in [-0.15, -0.1) is 10.2 Å². The number of amides is 2. The number of aromatic nitrogens is 2. The highest BCUT2D eigenvalue weighted by molar-refractivity contribution is 7.15. The molecule has 10 heteroatoms. The lowest BCUT2D eigenvalue weighted by Gasteiger charge is -2.19. The Bertz CT molecular complexity index is 828. The van der Waals surface area contributed by atoms with E-state index in [0.29, 0.717) is 33.2 Å². The number of ether oxygens (including phenoxy) is 2. The van der Waals surface area contributed by atoms with E-state index in [9.17, 15) is 9.59 Å². The van der Waals surface area contributed by atoms with Crippen LogP contribution in [0.3, 0.4) is 0 Å². The summed E-state index contributed by atoms with van der Waals surface area (Å²) in [6.45, 7) is 0.572. The average molecular weight is 397 g/mol. The summed E-state index contributed by atoms with van der Waals surface area (Å²) in [5.41, 5.74) is 0.554. The first-order chi connectivity index (χ1) is 12.5. The van der Waals surface area contributed by atoms with Crippen molar-refractivity contribution in [2.24, 2.45) is 5.92 Å². The topological polar surface area (TPSA) is 93.7 Å². The number of benzene rings is 1. The number of carbonyl (C=O) groups is 2. The Morgan fingerprint density at radius 1 is 1.42 bits per heavy atom. The summed E-state index contributed by atoms with van der Waals surface area (Å²) in [7, 11) is 3.08. The predicted octanol–water partition coefficient (Wildman–Crippen LogP) is 2.34. The molecule has 1 atom stereocenters. The van der Waals surface area contributed by atoms with E-state index in [1.165, 1.54) is 23.3 Å². The van der Waals surface area contributed by atoms with Crippen molar-refractivity contribution in [1.29, 1.82) is 0 Å². The van der Waals surface area contributed by atoms with Crippen molar-refractivity contribution in [1.82, 2.24) is 10.2 Å². The van der Waals surface area contributed by atoms with E-state index in [1.807, 2.05) is 0 Å². The summed E-state index contributed by atoms with van der Waals surface area (Å²) >= 11 is 7.27. The standard InChI is InChI=1S/C16H17ClN4O4S/c1-24-8-13-19-20-16(26-13)18-15(23)9-5-14(22)21(7-9)11-6-10(17)3-4-12(11)25-2/h3-4,6,9H,5,7-8H2,1-2H3,(H,18,20,23). The van der Waals surface area contributed by atoms with Crippen LogP contribution in [0.2, 0.25) is 5.02 Å². The van der Waals surface area contributed by atoms with Crippen LogP contribution in [0.4, 0.5) is 10.8 Å². The Labute approximate surface area is 159 Å². The summed E-state index contributed by atoms with van der Waals surface area (Å²) in [5, 5.41) is 12.1. The van der Waals surface area contributed by atoms with Crippen LogP contribution >= 0.6 is 22.9 Å². The molecule has 0 radical (unpaired) electrons. The van der Waals surface area contributed by atoms with Gasteiger partial charge in [0.05, 0.1) is 18.7 Å². The normalized spacial score (nSPS) is 16.8. The lowest BCUT2D eigenvalue weighted by atomic mass is 10.1. The molecule has 26 heavy (non-hydrogen) atoms. The first-order valence-corrected chi connectivity index (χ1v) is 8.97. The van der Waals surface area contributed by atoms with E-state index in [0.717, 1.165) is 0 Å². The van der Waals surface area contributed by atoms with E-state index in [2.05, 4.69) is 15.5 Å². The van der Waals surface area contributed by atoms with Gasteiger partial charge in [-0.2, -0.15) is 0 Å². The maximum absolute atomic E-state index is 12.5. The highest BCUT2D eigenvalue weighted by Gasteiger charge is 2.36. The Morgan fingerprint density at radius 2 is 2.23 bits per heavy atom. The maximum atomic E-state index is 12.5. The Balaban J connectivity index is 1.71. The molecule has 0 aliphatic carbocycles. The third-order valence-electron chi connectivity index (χ3n) is 3.89. The van der Waals surface area contributed by atoms with Crippen molar-refractivity contribution in [3.63, 3.8) is 0 Å². The molecule has 2 aromatic rings. The third-order valence-corrected chi connectivity index (χ3v) is 4.94. The highest BCUT2D eigenvalue weighted by Crippen LogP contribution is 2.35. The minimum atomic E-state index is -0.499. The molecule has 1 aliphatic rings. The highest BCUT2D eigenvalue weighted by atomic mass is 35.5. The molecular weight excluding hydrogens is 380 g/mol. The van der Waals surface area contributed by atoms with Crippen molar-refractivity contribution < 1.29 is 19.1 Å². The number of halogens is 1. The molecule has 1 saturated heterocycles. The number of nitrogens with zero attached hydrogens (tertiary/aromatic N) is 3. The second-order valence-electron chi connectivity index (χ2n) is 5.64. The number of hydrogen-bond donors (Lipinski definition) is 1. The smallest absolute Gasteiger partial charge is 0.231 e. The van der Waals surface area contributed by atoms with E-state index < -0.39 is 5.92 Å². The number of hydrogen-bond acceptors (Lipinski definition) is 7. The van der Waals surface area contributed by atoms with E-state index in [1.54, 1.807) is 25.3 Å². The lowest BCUT2D eigenvalue weighted by molar-refractivity contribution is -0.122. The van der Waals surface area contributed by atoms with Crippen LogP contribution in [0.5, 0.6) is 5.75 Å². The van der Waals surface area contributed by atoms with Crippen molar-refractivity contribution in [2.75, 3.05) is 31.0 Å². The monoisotopic (exact) mass is 396 g/mol. The second-order valence-corrected chi connectivity index (χ2v) is 7.14.